The number of hydrogen-bond donors (Lipinski definition) is 1. The predicted molar refractivity (Wildman–Crippen MR) is 78.1 cm³/mol. The summed E-state index contributed by atoms with van der Waals surface area (Å²) < 4.78 is 10.7. The first kappa shape index (κ1) is 14.8. The SMILES string of the molecule is COc1ccccc1-c1noc(C2CCCCN2)n1.Cl. The second-order valence-corrected chi connectivity index (χ2v) is 4.66. The molecule has 5 nitrogen and oxygen atoms in total. The smallest absolute Gasteiger partial charge is 0.244 e. The van der Waals surface area contributed by atoms with E-state index in [1.807, 2.05) is 24.3 Å². The van der Waals surface area contributed by atoms with Crippen molar-refractivity contribution >= 4 is 12.4 Å². The van der Waals surface area contributed by atoms with E-state index in [-0.39, 0.29) is 18.4 Å². The van der Waals surface area contributed by atoms with E-state index in [9.17, 15) is 0 Å². The van der Waals surface area contributed by atoms with E-state index in [1.165, 1.54) is 12.8 Å². The number of ether oxygens (including phenoxy) is 1. The molecule has 2 heterocycles. The van der Waals surface area contributed by atoms with Crippen molar-refractivity contribution < 1.29 is 9.26 Å². The van der Waals surface area contributed by atoms with Gasteiger partial charge in [-0.05, 0) is 31.5 Å². The molecule has 0 aliphatic carbocycles. The topological polar surface area (TPSA) is 60.2 Å². The number of rotatable bonds is 3. The maximum atomic E-state index is 5.38. The molecule has 1 saturated heterocycles. The third-order valence-electron chi connectivity index (χ3n) is 3.40. The minimum Gasteiger partial charge on any atom is -0.496 e. The fourth-order valence-electron chi connectivity index (χ4n) is 2.38. The van der Waals surface area contributed by atoms with E-state index >= 15 is 0 Å². The molecule has 20 heavy (non-hydrogen) atoms. The van der Waals surface area contributed by atoms with Gasteiger partial charge in [-0.3, -0.25) is 0 Å². The standard InChI is InChI=1S/C14H17N3O2.ClH/c1-18-12-8-3-2-6-10(12)13-16-14(19-17-13)11-7-4-5-9-15-11;/h2-3,6,8,11,15H,4-5,7,9H2,1H3;1H. The molecule has 2 aromatic rings. The molecule has 108 valence electrons. The zero-order valence-corrected chi connectivity index (χ0v) is 12.2. The summed E-state index contributed by atoms with van der Waals surface area (Å²) in [7, 11) is 1.64. The largest absolute Gasteiger partial charge is 0.496 e. The van der Waals surface area contributed by atoms with Gasteiger partial charge >= 0.3 is 0 Å². The number of nitrogens with zero attached hydrogens (tertiary/aromatic N) is 2. The van der Waals surface area contributed by atoms with Crippen LogP contribution in [0.1, 0.15) is 31.2 Å². The van der Waals surface area contributed by atoms with Gasteiger partial charge in [-0.25, -0.2) is 0 Å². The van der Waals surface area contributed by atoms with Crippen molar-refractivity contribution in [1.82, 2.24) is 15.5 Å². The molecule has 1 aliphatic rings. The van der Waals surface area contributed by atoms with Crippen LogP contribution in [-0.2, 0) is 0 Å². The molecule has 0 radical (unpaired) electrons. The van der Waals surface area contributed by atoms with Crippen LogP contribution in [-0.4, -0.2) is 23.8 Å². The number of halogens is 1. The van der Waals surface area contributed by atoms with Crippen LogP contribution in [0.4, 0.5) is 0 Å². The maximum Gasteiger partial charge on any atom is 0.244 e. The quantitative estimate of drug-likeness (QED) is 0.943. The summed E-state index contributed by atoms with van der Waals surface area (Å²) in [5.74, 6) is 2.01. The van der Waals surface area contributed by atoms with E-state index < -0.39 is 0 Å². The molecule has 6 heteroatoms. The molecule has 1 N–H and O–H groups in total. The second-order valence-electron chi connectivity index (χ2n) is 4.66. The summed E-state index contributed by atoms with van der Waals surface area (Å²) in [6.45, 7) is 1.01. The van der Waals surface area contributed by atoms with Crippen LogP contribution < -0.4 is 10.1 Å². The van der Waals surface area contributed by atoms with Crippen LogP contribution >= 0.6 is 12.4 Å². The zero-order valence-electron chi connectivity index (χ0n) is 11.3. The predicted octanol–water partition coefficient (Wildman–Crippen LogP) is 2.98. The van der Waals surface area contributed by atoms with Gasteiger partial charge in [0, 0.05) is 0 Å². The molecule has 1 aromatic heterocycles. The molecule has 0 saturated carbocycles. The van der Waals surface area contributed by atoms with Crippen LogP contribution in [0.5, 0.6) is 5.75 Å². The van der Waals surface area contributed by atoms with Gasteiger partial charge in [-0.1, -0.05) is 23.7 Å². The molecular formula is C14H18ClN3O2. The zero-order chi connectivity index (χ0) is 13.1. The minimum atomic E-state index is 0. The summed E-state index contributed by atoms with van der Waals surface area (Å²) in [5.41, 5.74) is 0.857. The van der Waals surface area contributed by atoms with Crippen molar-refractivity contribution in [3.05, 3.63) is 30.2 Å². The van der Waals surface area contributed by atoms with Gasteiger partial charge in [0.1, 0.15) is 5.75 Å². The summed E-state index contributed by atoms with van der Waals surface area (Å²) in [6.07, 6.45) is 3.46. The Morgan fingerprint density at radius 3 is 2.90 bits per heavy atom. The Balaban J connectivity index is 0.00000147. The lowest BCUT2D eigenvalue weighted by Gasteiger charge is -2.19. The fraction of sp³-hybridized carbons (Fsp3) is 0.429. The Kier molecular flexibility index (Phi) is 4.98. The highest BCUT2D eigenvalue weighted by molar-refractivity contribution is 5.85. The van der Waals surface area contributed by atoms with Gasteiger partial charge in [-0.2, -0.15) is 4.98 Å². The van der Waals surface area contributed by atoms with E-state index in [4.69, 9.17) is 9.26 Å². The molecule has 1 aromatic carbocycles. The minimum absolute atomic E-state index is 0. The van der Waals surface area contributed by atoms with Gasteiger partial charge < -0.3 is 14.6 Å². The number of aromatic nitrogens is 2. The monoisotopic (exact) mass is 295 g/mol. The Labute approximate surface area is 124 Å². The van der Waals surface area contributed by atoms with Crippen molar-refractivity contribution in [2.45, 2.75) is 25.3 Å². The Morgan fingerprint density at radius 1 is 1.30 bits per heavy atom. The van der Waals surface area contributed by atoms with Crippen molar-refractivity contribution in [3.8, 4) is 17.1 Å². The molecule has 1 atom stereocenters. The average Bonchev–Trinajstić information content (AvgIpc) is 2.98. The van der Waals surface area contributed by atoms with Crippen molar-refractivity contribution in [3.63, 3.8) is 0 Å². The number of nitrogens with one attached hydrogen (secondary N) is 1. The van der Waals surface area contributed by atoms with Crippen molar-refractivity contribution in [2.75, 3.05) is 13.7 Å². The molecule has 3 rings (SSSR count). The molecule has 1 aliphatic heterocycles. The summed E-state index contributed by atoms with van der Waals surface area (Å²) in [6, 6.07) is 7.87. The van der Waals surface area contributed by atoms with Crippen molar-refractivity contribution in [2.24, 2.45) is 0 Å². The van der Waals surface area contributed by atoms with E-state index in [2.05, 4.69) is 15.5 Å². The van der Waals surface area contributed by atoms with Crippen LogP contribution in [0.15, 0.2) is 28.8 Å². The molecule has 0 spiro atoms. The summed E-state index contributed by atoms with van der Waals surface area (Å²) in [5, 5.41) is 7.47. The van der Waals surface area contributed by atoms with Crippen LogP contribution in [0.25, 0.3) is 11.4 Å². The molecule has 1 unspecified atom stereocenters. The molecular weight excluding hydrogens is 278 g/mol. The van der Waals surface area contributed by atoms with E-state index in [0.29, 0.717) is 11.7 Å². The molecule has 1 fully saturated rings. The number of methoxy groups -OCH3 is 1. The summed E-state index contributed by atoms with van der Waals surface area (Å²) in [4.78, 5) is 4.49. The first-order valence-corrected chi connectivity index (χ1v) is 6.59. The molecule has 0 bridgehead atoms. The van der Waals surface area contributed by atoms with Crippen LogP contribution in [0.3, 0.4) is 0 Å². The lowest BCUT2D eigenvalue weighted by Crippen LogP contribution is -2.26. The van der Waals surface area contributed by atoms with E-state index in [1.54, 1.807) is 7.11 Å². The van der Waals surface area contributed by atoms with E-state index in [0.717, 1.165) is 24.3 Å². The Hall–Kier alpha value is -1.59. The van der Waals surface area contributed by atoms with Gasteiger partial charge in [0.05, 0.1) is 18.7 Å². The first-order valence-electron chi connectivity index (χ1n) is 6.59. The number of piperidine rings is 1. The third-order valence-corrected chi connectivity index (χ3v) is 3.40. The fourth-order valence-corrected chi connectivity index (χ4v) is 2.38. The van der Waals surface area contributed by atoms with Crippen LogP contribution in [0, 0.1) is 0 Å². The van der Waals surface area contributed by atoms with Gasteiger partial charge in [-0.15, -0.1) is 12.4 Å². The second kappa shape index (κ2) is 6.72. The third kappa shape index (κ3) is 2.94. The number of benzene rings is 1. The highest BCUT2D eigenvalue weighted by atomic mass is 35.5. The van der Waals surface area contributed by atoms with Gasteiger partial charge in [0.25, 0.3) is 0 Å². The first-order chi connectivity index (χ1) is 9.38. The Morgan fingerprint density at radius 2 is 2.15 bits per heavy atom. The normalized spacial score (nSPS) is 18.4. The highest BCUT2D eigenvalue weighted by Gasteiger charge is 2.22. The Bertz CT molecular complexity index is 553. The lowest BCUT2D eigenvalue weighted by atomic mass is 10.1. The van der Waals surface area contributed by atoms with Gasteiger partial charge in [0.2, 0.25) is 11.7 Å². The number of para-hydroxylation sites is 1. The summed E-state index contributed by atoms with van der Waals surface area (Å²) >= 11 is 0. The molecule has 0 amide bonds. The lowest BCUT2D eigenvalue weighted by molar-refractivity contribution is 0.297. The number of hydrogen-bond acceptors (Lipinski definition) is 5. The highest BCUT2D eigenvalue weighted by Crippen LogP contribution is 2.29. The maximum absolute atomic E-state index is 5.38. The van der Waals surface area contributed by atoms with Crippen LogP contribution in [0.2, 0.25) is 0 Å². The van der Waals surface area contributed by atoms with Gasteiger partial charge in [0.15, 0.2) is 0 Å². The average molecular weight is 296 g/mol. The van der Waals surface area contributed by atoms with Crippen molar-refractivity contribution in [1.29, 1.82) is 0 Å².